The maximum absolute atomic E-state index is 16.1. The van der Waals surface area contributed by atoms with Gasteiger partial charge in [0, 0.05) is 0 Å². The van der Waals surface area contributed by atoms with Crippen LogP contribution in [0, 0.1) is 0 Å². The molecule has 5 aromatic rings. The van der Waals surface area contributed by atoms with E-state index in [0.29, 0.717) is 11.2 Å². The van der Waals surface area contributed by atoms with Crippen LogP contribution >= 0.6 is 25.8 Å². The van der Waals surface area contributed by atoms with Gasteiger partial charge in [0.15, 0.2) is 53.1 Å². The van der Waals surface area contributed by atoms with Crippen LogP contribution < -0.4 is 5.73 Å². The zero-order valence-electron chi connectivity index (χ0n) is 22.8. The van der Waals surface area contributed by atoms with E-state index in [1.807, 2.05) is 0 Å². The van der Waals surface area contributed by atoms with Crippen molar-refractivity contribution in [2.45, 2.75) is 49.2 Å². The molecule has 3 aliphatic rings. The molecule has 8 rings (SSSR count). The molecule has 10 atom stereocenters. The molecule has 3 fully saturated rings. The molecule has 0 aromatic carbocycles. The minimum atomic E-state index is -4.38. The smallest absolute Gasteiger partial charge is 0.382 e. The number of nitrogens with two attached hydrogens (primary N) is 1. The van der Waals surface area contributed by atoms with Crippen LogP contribution in [0.15, 0.2) is 31.6 Å². The molecule has 8 heterocycles. The number of imidazole rings is 2. The summed E-state index contributed by atoms with van der Waals surface area (Å²) in [7, 11) is 0. The molecule has 0 radical (unpaired) electrons. The van der Waals surface area contributed by atoms with Gasteiger partial charge in [-0.15, -0.1) is 0 Å². The fraction of sp³-hybridized carbons (Fsp3) is 0.476. The first-order valence-corrected chi connectivity index (χ1v) is 18.6. The van der Waals surface area contributed by atoms with Gasteiger partial charge in [0.05, 0.1) is 25.9 Å². The Morgan fingerprint density at radius 2 is 1.46 bits per heavy atom. The standard InChI is InChI=1S/C21H21F2N11O8P2S2/c22-10-14-8(39-20(10)32-5-28-12-16(24)25-3-26-17(12)32)1-37-44(36,46)42-15-9(2-38-43(35,45)41-14)40-21(11(15)23)33-6-29-13-18(33)30-7-34-19(13)27-4-31-34/h3-11,14-15,20-21H,1-2H2,(H,35,45)(H,36,46)(H2,24,25,26)/t8-,9-,10-,11-,14?,15-,20-,21-,43?,44?/m1/s1. The topological polar surface area (TPSA) is 223 Å². The van der Waals surface area contributed by atoms with E-state index in [2.05, 4.69) is 47.3 Å². The number of fused-ring (bicyclic) bond motifs is 6. The molecule has 0 amide bonds. The monoisotopic (exact) mass is 719 g/mol. The summed E-state index contributed by atoms with van der Waals surface area (Å²) >= 11 is 9.21. The maximum atomic E-state index is 16.1. The number of hydrogen-bond donors (Lipinski definition) is 3. The lowest BCUT2D eigenvalue weighted by molar-refractivity contribution is -0.0564. The number of nitrogen functional groups attached to an aromatic ring is 1. The van der Waals surface area contributed by atoms with Crippen LogP contribution in [0.1, 0.15) is 12.5 Å². The number of hydrogen-bond acceptors (Lipinski definition) is 16. The molecule has 3 aliphatic heterocycles. The van der Waals surface area contributed by atoms with Crippen molar-refractivity contribution in [3.05, 3.63) is 31.6 Å². The summed E-state index contributed by atoms with van der Waals surface area (Å²) in [5.41, 5.74) is 7.09. The molecule has 3 unspecified atom stereocenters. The van der Waals surface area contributed by atoms with Crippen LogP contribution in [0.5, 0.6) is 0 Å². The van der Waals surface area contributed by atoms with Crippen LogP contribution in [0.2, 0.25) is 0 Å². The van der Waals surface area contributed by atoms with E-state index in [9.17, 15) is 9.46 Å². The molecule has 0 bridgehead atoms. The second kappa shape index (κ2) is 11.1. The van der Waals surface area contributed by atoms with E-state index >= 15 is 8.78 Å². The number of alkyl halides is 2. The van der Waals surface area contributed by atoms with Crippen LogP contribution in [-0.4, -0.2) is 104 Å². The predicted molar refractivity (Wildman–Crippen MR) is 156 cm³/mol. The second-order valence-corrected chi connectivity index (χ2v) is 16.0. The quantitative estimate of drug-likeness (QED) is 0.173. The van der Waals surface area contributed by atoms with E-state index in [1.165, 1.54) is 45.3 Å². The third kappa shape index (κ3) is 5.10. The highest BCUT2D eigenvalue weighted by Crippen LogP contribution is 2.58. The second-order valence-electron chi connectivity index (χ2n) is 10.4. The number of rotatable bonds is 2. The van der Waals surface area contributed by atoms with Gasteiger partial charge in [-0.05, 0) is 11.8 Å². The van der Waals surface area contributed by atoms with Crippen LogP contribution in [0.3, 0.4) is 0 Å². The summed E-state index contributed by atoms with van der Waals surface area (Å²) in [4.78, 5) is 35.7. The Bertz CT molecular complexity index is 2070. The molecular formula is C21H21F2N11O8P2S2. The van der Waals surface area contributed by atoms with Crippen LogP contribution in [-0.2, 0) is 43.9 Å². The summed E-state index contributed by atoms with van der Waals surface area (Å²) in [5, 5.41) is 4.00. The van der Waals surface area contributed by atoms with Gasteiger partial charge in [-0.2, -0.15) is 5.10 Å². The summed E-state index contributed by atoms with van der Waals surface area (Å²) in [6, 6.07) is 0. The third-order valence-corrected chi connectivity index (χ3v) is 10.8. The van der Waals surface area contributed by atoms with Crippen molar-refractivity contribution in [1.82, 2.24) is 48.7 Å². The Morgan fingerprint density at radius 1 is 0.848 bits per heavy atom. The van der Waals surface area contributed by atoms with E-state index in [-0.39, 0.29) is 22.6 Å². The van der Waals surface area contributed by atoms with Gasteiger partial charge in [0.25, 0.3) is 0 Å². The van der Waals surface area contributed by atoms with Gasteiger partial charge in [-0.25, -0.2) is 47.8 Å². The number of ether oxygens (including phenoxy) is 2. The predicted octanol–water partition coefficient (Wildman–Crippen LogP) is 1.44. The SMILES string of the molecule is Nc1ncnc2c1ncn2[C@@H]1O[C@@H]2COP(O)(=S)O[C@H]3[C@@H](F)[C@H](n4cnc5c4ncn4ncnc54)O[C@@H]3COP(=O)(S)OC2[C@H]1F. The first kappa shape index (κ1) is 30.5. The van der Waals surface area contributed by atoms with Crippen LogP contribution in [0.4, 0.5) is 14.6 Å². The Balaban J connectivity index is 1.08. The zero-order chi connectivity index (χ0) is 32.0. The molecule has 5 aromatic heterocycles. The molecule has 0 aliphatic carbocycles. The molecule has 3 saturated heterocycles. The molecular weight excluding hydrogens is 698 g/mol. The Labute approximate surface area is 265 Å². The van der Waals surface area contributed by atoms with Crippen molar-refractivity contribution in [1.29, 1.82) is 0 Å². The number of aromatic nitrogens is 10. The molecule has 46 heavy (non-hydrogen) atoms. The lowest BCUT2D eigenvalue weighted by atomic mass is 10.1. The average Bonchev–Trinajstić information content (AvgIpc) is 3.83. The van der Waals surface area contributed by atoms with Crippen molar-refractivity contribution < 1.29 is 45.8 Å². The average molecular weight is 720 g/mol. The highest BCUT2D eigenvalue weighted by Gasteiger charge is 2.54. The molecule has 19 nitrogen and oxygen atoms in total. The van der Waals surface area contributed by atoms with Gasteiger partial charge in [-0.1, -0.05) is 12.2 Å². The summed E-state index contributed by atoms with van der Waals surface area (Å²) < 4.78 is 83.3. The minimum absolute atomic E-state index is 0.0564. The van der Waals surface area contributed by atoms with E-state index in [4.69, 9.17) is 45.1 Å². The molecule has 0 saturated carbocycles. The number of halogens is 2. The van der Waals surface area contributed by atoms with Crippen molar-refractivity contribution in [3.8, 4) is 0 Å². The van der Waals surface area contributed by atoms with Gasteiger partial charge < -0.3 is 24.6 Å². The molecule has 25 heteroatoms. The highest BCUT2D eigenvalue weighted by molar-refractivity contribution is 8.44. The lowest BCUT2D eigenvalue weighted by Crippen LogP contribution is -2.37. The van der Waals surface area contributed by atoms with Crippen molar-refractivity contribution >= 4 is 71.4 Å². The highest BCUT2D eigenvalue weighted by atomic mass is 32.7. The molecule has 0 spiro atoms. The van der Waals surface area contributed by atoms with Gasteiger partial charge in [0.1, 0.15) is 48.9 Å². The maximum Gasteiger partial charge on any atom is 0.386 e. The molecule has 3 N–H and O–H groups in total. The number of nitrogens with zero attached hydrogens (tertiary/aromatic N) is 10. The Kier molecular flexibility index (Phi) is 7.38. The van der Waals surface area contributed by atoms with E-state index in [0.717, 1.165) is 0 Å². The lowest BCUT2D eigenvalue weighted by Gasteiger charge is -2.29. The fourth-order valence-corrected chi connectivity index (χ4v) is 8.48. The largest absolute Gasteiger partial charge is 0.386 e. The zero-order valence-corrected chi connectivity index (χ0v) is 26.3. The normalized spacial score (nSPS) is 37.3. The van der Waals surface area contributed by atoms with Gasteiger partial charge >= 0.3 is 13.5 Å². The minimum Gasteiger partial charge on any atom is -0.382 e. The summed E-state index contributed by atoms with van der Waals surface area (Å²) in [6.45, 7) is -9.89. The first-order chi connectivity index (χ1) is 22.0. The van der Waals surface area contributed by atoms with E-state index in [1.54, 1.807) is 0 Å². The van der Waals surface area contributed by atoms with Crippen molar-refractivity contribution in [2.24, 2.45) is 0 Å². The number of anilines is 1. The van der Waals surface area contributed by atoms with E-state index < -0.39 is 75.9 Å². The Hall–Kier alpha value is -2.82. The third-order valence-electron chi connectivity index (χ3n) is 7.62. The Morgan fingerprint density at radius 3 is 2.17 bits per heavy atom. The molecule has 244 valence electrons. The summed E-state index contributed by atoms with van der Waals surface area (Å²) in [6.07, 6.45) is -6.35. The fourth-order valence-electron chi connectivity index (χ4n) is 5.56. The first-order valence-electron chi connectivity index (χ1n) is 13.3. The van der Waals surface area contributed by atoms with Crippen LogP contribution in [0.25, 0.3) is 28.0 Å². The van der Waals surface area contributed by atoms with Crippen molar-refractivity contribution in [2.75, 3.05) is 18.9 Å². The van der Waals surface area contributed by atoms with Gasteiger partial charge in [0.2, 0.25) is 0 Å². The number of thiol groups is 1. The van der Waals surface area contributed by atoms with Gasteiger partial charge in [-0.3, -0.25) is 22.7 Å². The summed E-state index contributed by atoms with van der Waals surface area (Å²) in [5.74, 6) is 0.0564. The van der Waals surface area contributed by atoms with Crippen molar-refractivity contribution in [3.63, 3.8) is 0 Å².